The number of anilines is 1. The first-order chi connectivity index (χ1) is 11.0. The monoisotopic (exact) mass is 323 g/mol. The molecule has 1 aromatic heterocycles. The summed E-state index contributed by atoms with van der Waals surface area (Å²) in [6, 6.07) is 2.57. The Labute approximate surface area is 131 Å². The van der Waals surface area contributed by atoms with E-state index in [9.17, 15) is 19.7 Å². The quantitative estimate of drug-likeness (QED) is 0.588. The number of urea groups is 1. The minimum absolute atomic E-state index is 0.0631. The van der Waals surface area contributed by atoms with E-state index in [0.29, 0.717) is 32.0 Å². The molecule has 2 heterocycles. The minimum Gasteiger partial charge on any atom is -0.481 e. The summed E-state index contributed by atoms with van der Waals surface area (Å²) < 4.78 is 0. The van der Waals surface area contributed by atoms with Crippen LogP contribution in [0, 0.1) is 10.1 Å². The Morgan fingerprint density at radius 1 is 1.35 bits per heavy atom. The van der Waals surface area contributed by atoms with Gasteiger partial charge in [-0.05, 0) is 6.07 Å². The lowest BCUT2D eigenvalue weighted by molar-refractivity contribution is -0.384. The van der Waals surface area contributed by atoms with Gasteiger partial charge in [-0.3, -0.25) is 14.9 Å². The van der Waals surface area contributed by atoms with Gasteiger partial charge in [-0.1, -0.05) is 0 Å². The highest BCUT2D eigenvalue weighted by molar-refractivity contribution is 5.75. The standard InChI is InChI=1S/C13H17N5O5/c19-11(20)3-5-15-13(21)17-8-6-16(7-9-17)12-10(18(22)23)2-1-4-14-12/h1-2,4H,3,5-9H2,(H,15,21)(H,19,20). The molecule has 0 aromatic carbocycles. The van der Waals surface area contributed by atoms with Crippen LogP contribution in [0.4, 0.5) is 16.3 Å². The number of carboxylic acids is 1. The molecule has 0 bridgehead atoms. The number of pyridine rings is 1. The van der Waals surface area contributed by atoms with Crippen LogP contribution in [0.15, 0.2) is 18.3 Å². The molecule has 2 N–H and O–H groups in total. The van der Waals surface area contributed by atoms with E-state index in [1.54, 1.807) is 9.80 Å². The van der Waals surface area contributed by atoms with Gasteiger partial charge in [0.25, 0.3) is 0 Å². The second-order valence-corrected chi connectivity index (χ2v) is 4.95. The average Bonchev–Trinajstić information content (AvgIpc) is 2.54. The van der Waals surface area contributed by atoms with E-state index in [4.69, 9.17) is 5.11 Å². The van der Waals surface area contributed by atoms with E-state index < -0.39 is 10.9 Å². The molecule has 0 spiro atoms. The van der Waals surface area contributed by atoms with Gasteiger partial charge in [0, 0.05) is 45.0 Å². The highest BCUT2D eigenvalue weighted by atomic mass is 16.6. The Bertz CT molecular complexity index is 600. The normalized spacial score (nSPS) is 14.4. The van der Waals surface area contributed by atoms with E-state index in [2.05, 4.69) is 10.3 Å². The van der Waals surface area contributed by atoms with Crippen molar-refractivity contribution in [2.75, 3.05) is 37.6 Å². The number of aliphatic carboxylic acids is 1. The molecular formula is C13H17N5O5. The number of hydrogen-bond donors (Lipinski definition) is 2. The molecule has 1 saturated heterocycles. The summed E-state index contributed by atoms with van der Waals surface area (Å²) in [6.07, 6.45) is 1.36. The molecule has 124 valence electrons. The molecule has 0 saturated carbocycles. The molecule has 2 amide bonds. The van der Waals surface area contributed by atoms with Crippen LogP contribution in [0.2, 0.25) is 0 Å². The molecule has 1 fully saturated rings. The minimum atomic E-state index is -0.974. The fourth-order valence-corrected chi connectivity index (χ4v) is 2.28. The number of carbonyl (C=O) groups is 2. The predicted octanol–water partition coefficient (Wildman–Crippen LogP) is 0.296. The average molecular weight is 323 g/mol. The Morgan fingerprint density at radius 2 is 2.04 bits per heavy atom. The lowest BCUT2D eigenvalue weighted by Gasteiger charge is -2.35. The van der Waals surface area contributed by atoms with Crippen molar-refractivity contribution in [3.63, 3.8) is 0 Å². The molecule has 1 aliphatic heterocycles. The first-order valence-electron chi connectivity index (χ1n) is 7.08. The van der Waals surface area contributed by atoms with Gasteiger partial charge in [0.15, 0.2) is 0 Å². The lowest BCUT2D eigenvalue weighted by Crippen LogP contribution is -2.52. The molecule has 0 unspecified atom stereocenters. The van der Waals surface area contributed by atoms with Crippen LogP contribution >= 0.6 is 0 Å². The van der Waals surface area contributed by atoms with Crippen LogP contribution in [0.25, 0.3) is 0 Å². The molecule has 0 aliphatic carbocycles. The maximum absolute atomic E-state index is 11.9. The van der Waals surface area contributed by atoms with Crippen LogP contribution in [-0.4, -0.2) is 64.6 Å². The SMILES string of the molecule is O=C(O)CCNC(=O)N1CCN(c2ncccc2[N+](=O)[O-])CC1. The van der Waals surface area contributed by atoms with Gasteiger partial charge in [0.1, 0.15) is 0 Å². The van der Waals surface area contributed by atoms with Crippen LogP contribution in [0.3, 0.4) is 0 Å². The summed E-state index contributed by atoms with van der Waals surface area (Å²) in [6.45, 7) is 1.67. The van der Waals surface area contributed by atoms with E-state index in [-0.39, 0.29) is 24.7 Å². The highest BCUT2D eigenvalue weighted by Crippen LogP contribution is 2.25. The predicted molar refractivity (Wildman–Crippen MR) is 80.3 cm³/mol. The Hall–Kier alpha value is -2.91. The summed E-state index contributed by atoms with van der Waals surface area (Å²) >= 11 is 0. The summed E-state index contributed by atoms with van der Waals surface area (Å²) in [7, 11) is 0. The van der Waals surface area contributed by atoms with E-state index in [1.165, 1.54) is 18.3 Å². The molecule has 0 radical (unpaired) electrons. The van der Waals surface area contributed by atoms with Crippen molar-refractivity contribution in [3.8, 4) is 0 Å². The highest BCUT2D eigenvalue weighted by Gasteiger charge is 2.26. The first-order valence-corrected chi connectivity index (χ1v) is 7.08. The van der Waals surface area contributed by atoms with Crippen molar-refractivity contribution in [1.82, 2.24) is 15.2 Å². The van der Waals surface area contributed by atoms with Gasteiger partial charge in [0.2, 0.25) is 5.82 Å². The second-order valence-electron chi connectivity index (χ2n) is 4.95. The van der Waals surface area contributed by atoms with Crippen LogP contribution < -0.4 is 10.2 Å². The molecule has 10 nitrogen and oxygen atoms in total. The zero-order valence-corrected chi connectivity index (χ0v) is 12.3. The van der Waals surface area contributed by atoms with Gasteiger partial charge >= 0.3 is 17.7 Å². The van der Waals surface area contributed by atoms with E-state index in [0.717, 1.165) is 0 Å². The summed E-state index contributed by atoms with van der Waals surface area (Å²) in [4.78, 5) is 40.2. The first kappa shape index (κ1) is 16.5. The van der Waals surface area contributed by atoms with Crippen molar-refractivity contribution in [2.45, 2.75) is 6.42 Å². The van der Waals surface area contributed by atoms with Crippen molar-refractivity contribution < 1.29 is 19.6 Å². The van der Waals surface area contributed by atoms with Gasteiger partial charge in [-0.15, -0.1) is 0 Å². The molecule has 1 aromatic rings. The summed E-state index contributed by atoms with van der Waals surface area (Å²) in [5.74, 6) is -0.680. The number of nitro groups is 1. The topological polar surface area (TPSA) is 129 Å². The number of carbonyl (C=O) groups excluding carboxylic acids is 1. The number of piperazine rings is 1. The number of carboxylic acid groups (broad SMARTS) is 1. The second kappa shape index (κ2) is 7.38. The van der Waals surface area contributed by atoms with Crippen LogP contribution in [0.1, 0.15) is 6.42 Å². The van der Waals surface area contributed by atoms with Gasteiger partial charge in [-0.25, -0.2) is 9.78 Å². The summed E-state index contributed by atoms with van der Waals surface area (Å²) in [5.41, 5.74) is -0.0631. The molecule has 23 heavy (non-hydrogen) atoms. The zero-order valence-electron chi connectivity index (χ0n) is 12.3. The van der Waals surface area contributed by atoms with Crippen molar-refractivity contribution in [2.24, 2.45) is 0 Å². The zero-order chi connectivity index (χ0) is 16.8. The van der Waals surface area contributed by atoms with Crippen molar-refractivity contribution >= 4 is 23.5 Å². The van der Waals surface area contributed by atoms with Crippen molar-refractivity contribution in [1.29, 1.82) is 0 Å². The number of nitrogens with one attached hydrogen (secondary N) is 1. The number of nitrogens with zero attached hydrogens (tertiary/aromatic N) is 4. The maximum Gasteiger partial charge on any atom is 0.317 e. The Balaban J connectivity index is 1.90. The van der Waals surface area contributed by atoms with Gasteiger partial charge < -0.3 is 20.2 Å². The van der Waals surface area contributed by atoms with E-state index in [1.807, 2.05) is 0 Å². The molecule has 2 rings (SSSR count). The van der Waals surface area contributed by atoms with Crippen LogP contribution in [0.5, 0.6) is 0 Å². The molecule has 1 aliphatic rings. The Morgan fingerprint density at radius 3 is 2.65 bits per heavy atom. The third-order valence-corrected chi connectivity index (χ3v) is 3.44. The maximum atomic E-state index is 11.9. The molecule has 10 heteroatoms. The van der Waals surface area contributed by atoms with Gasteiger partial charge in [-0.2, -0.15) is 0 Å². The van der Waals surface area contributed by atoms with Crippen LogP contribution in [-0.2, 0) is 4.79 Å². The lowest BCUT2D eigenvalue weighted by atomic mass is 10.3. The molecular weight excluding hydrogens is 306 g/mol. The van der Waals surface area contributed by atoms with Crippen molar-refractivity contribution in [3.05, 3.63) is 28.4 Å². The Kier molecular flexibility index (Phi) is 5.28. The number of amides is 2. The van der Waals surface area contributed by atoms with Gasteiger partial charge in [0.05, 0.1) is 11.3 Å². The fourth-order valence-electron chi connectivity index (χ4n) is 2.28. The molecule has 0 atom stereocenters. The fraction of sp³-hybridized carbons (Fsp3) is 0.462. The third kappa shape index (κ3) is 4.28. The largest absolute Gasteiger partial charge is 0.481 e. The summed E-state index contributed by atoms with van der Waals surface area (Å²) in [5, 5.41) is 22.1. The third-order valence-electron chi connectivity index (χ3n) is 3.44. The number of rotatable bonds is 5. The number of hydrogen-bond acceptors (Lipinski definition) is 6. The van der Waals surface area contributed by atoms with E-state index >= 15 is 0 Å². The smallest absolute Gasteiger partial charge is 0.317 e. The number of aromatic nitrogens is 1.